The molecule has 23 heavy (non-hydrogen) atoms. The number of benzene rings is 1. The number of rotatable bonds is 3. The molecule has 2 aromatic heterocycles. The van der Waals surface area contributed by atoms with Crippen molar-refractivity contribution in [3.05, 3.63) is 47.4 Å². The van der Waals surface area contributed by atoms with Crippen LogP contribution in [0.25, 0.3) is 5.52 Å². The minimum atomic E-state index is -0.424. The zero-order chi connectivity index (χ0) is 16.6. The number of carbonyl (C=O) groups excluding carboxylic acids is 1. The number of esters is 1. The number of hydrogen-bond acceptors (Lipinski definition) is 6. The van der Waals surface area contributed by atoms with E-state index in [1.165, 1.54) is 13.4 Å². The molecular formula is C16H16N4O3. The average molecular weight is 312 g/mol. The Morgan fingerprint density at radius 3 is 2.83 bits per heavy atom. The van der Waals surface area contributed by atoms with Crippen molar-refractivity contribution in [3.8, 4) is 5.75 Å². The van der Waals surface area contributed by atoms with Crippen LogP contribution in [0.4, 0.5) is 11.5 Å². The number of aryl methyl sites for hydroxylation is 1. The van der Waals surface area contributed by atoms with E-state index < -0.39 is 5.97 Å². The molecule has 0 atom stereocenters. The molecule has 118 valence electrons. The summed E-state index contributed by atoms with van der Waals surface area (Å²) in [6.45, 7) is 3.62. The van der Waals surface area contributed by atoms with Crippen molar-refractivity contribution in [1.29, 1.82) is 0 Å². The van der Waals surface area contributed by atoms with Crippen molar-refractivity contribution in [2.24, 2.45) is 0 Å². The molecule has 1 aromatic carbocycles. The topological polar surface area (TPSA) is 88.8 Å². The standard InChI is InChI=1S/C16H16N4O3/c1-9-11(16(22)23-3)7-20-14(9)15(17-8-18-20)19-12-5-4-6-13(21)10(12)2/h4-8,21H,1-3H3,(H,17,18,19). The lowest BCUT2D eigenvalue weighted by atomic mass is 10.1. The summed E-state index contributed by atoms with van der Waals surface area (Å²) in [6.07, 6.45) is 3.01. The normalized spacial score (nSPS) is 10.7. The Morgan fingerprint density at radius 1 is 1.30 bits per heavy atom. The molecule has 0 amide bonds. The first-order valence-corrected chi connectivity index (χ1v) is 6.99. The summed E-state index contributed by atoms with van der Waals surface area (Å²) in [5, 5.41) is 17.1. The molecule has 0 saturated carbocycles. The summed E-state index contributed by atoms with van der Waals surface area (Å²) in [7, 11) is 1.34. The summed E-state index contributed by atoms with van der Waals surface area (Å²) in [5.41, 5.74) is 3.27. The van der Waals surface area contributed by atoms with Crippen molar-refractivity contribution in [3.63, 3.8) is 0 Å². The Balaban J connectivity index is 2.13. The second-order valence-corrected chi connectivity index (χ2v) is 5.14. The quantitative estimate of drug-likeness (QED) is 0.723. The molecule has 0 aliphatic rings. The van der Waals surface area contributed by atoms with Gasteiger partial charge in [0.05, 0.1) is 12.7 Å². The first-order chi connectivity index (χ1) is 11.0. The van der Waals surface area contributed by atoms with Crippen LogP contribution in [-0.2, 0) is 4.74 Å². The highest BCUT2D eigenvalue weighted by molar-refractivity contribution is 5.95. The molecule has 0 fully saturated rings. The maximum absolute atomic E-state index is 11.8. The smallest absolute Gasteiger partial charge is 0.339 e. The van der Waals surface area contributed by atoms with Gasteiger partial charge in [-0.05, 0) is 31.5 Å². The molecule has 0 spiro atoms. The third-order valence-electron chi connectivity index (χ3n) is 3.79. The van der Waals surface area contributed by atoms with Gasteiger partial charge in [0.25, 0.3) is 0 Å². The molecule has 2 N–H and O–H groups in total. The largest absolute Gasteiger partial charge is 0.508 e. The van der Waals surface area contributed by atoms with Gasteiger partial charge in [-0.1, -0.05) is 6.07 Å². The first kappa shape index (κ1) is 14.8. The maximum Gasteiger partial charge on any atom is 0.339 e. The molecule has 0 aliphatic heterocycles. The van der Waals surface area contributed by atoms with Crippen molar-refractivity contribution in [2.45, 2.75) is 13.8 Å². The van der Waals surface area contributed by atoms with Gasteiger partial charge in [0.1, 0.15) is 17.6 Å². The fourth-order valence-corrected chi connectivity index (χ4v) is 2.45. The highest BCUT2D eigenvalue weighted by Gasteiger charge is 2.18. The minimum absolute atomic E-state index is 0.197. The van der Waals surface area contributed by atoms with Crippen molar-refractivity contribution < 1.29 is 14.6 Å². The van der Waals surface area contributed by atoms with Crippen molar-refractivity contribution in [1.82, 2.24) is 14.6 Å². The van der Waals surface area contributed by atoms with Crippen LogP contribution >= 0.6 is 0 Å². The first-order valence-electron chi connectivity index (χ1n) is 6.99. The van der Waals surface area contributed by atoms with Crippen LogP contribution in [0, 0.1) is 13.8 Å². The Labute approximate surface area is 132 Å². The number of nitrogens with one attached hydrogen (secondary N) is 1. The second-order valence-electron chi connectivity index (χ2n) is 5.14. The molecule has 3 aromatic rings. The van der Waals surface area contributed by atoms with Gasteiger partial charge in [-0.3, -0.25) is 0 Å². The maximum atomic E-state index is 11.8. The predicted molar refractivity (Wildman–Crippen MR) is 85.2 cm³/mol. The number of carbonyl (C=O) groups is 1. The van der Waals surface area contributed by atoms with E-state index in [0.29, 0.717) is 22.5 Å². The van der Waals surface area contributed by atoms with Crippen LogP contribution in [0.1, 0.15) is 21.5 Å². The van der Waals surface area contributed by atoms with Gasteiger partial charge >= 0.3 is 5.97 Å². The SMILES string of the molecule is COC(=O)c1cn2ncnc(Nc3cccc(O)c3C)c2c1C. The summed E-state index contributed by atoms with van der Waals surface area (Å²) in [4.78, 5) is 16.1. The van der Waals surface area contributed by atoms with E-state index in [2.05, 4.69) is 15.4 Å². The number of phenolic OH excluding ortho intramolecular Hbond substituents is 1. The number of hydrogen-bond donors (Lipinski definition) is 2. The Bertz CT molecular complexity index is 902. The lowest BCUT2D eigenvalue weighted by molar-refractivity contribution is 0.0600. The number of methoxy groups -OCH3 is 1. The summed E-state index contributed by atoms with van der Waals surface area (Å²) in [6, 6.07) is 5.20. The van der Waals surface area contributed by atoms with Crippen molar-refractivity contribution in [2.75, 3.05) is 12.4 Å². The Hall–Kier alpha value is -3.09. The molecule has 7 nitrogen and oxygen atoms in total. The number of aromatic hydroxyl groups is 1. The van der Waals surface area contributed by atoms with Gasteiger partial charge in [-0.15, -0.1) is 0 Å². The number of aromatic nitrogens is 3. The van der Waals surface area contributed by atoms with Gasteiger partial charge in [-0.2, -0.15) is 5.10 Å². The molecule has 0 radical (unpaired) electrons. The van der Waals surface area contributed by atoms with Crippen LogP contribution in [0.3, 0.4) is 0 Å². The van der Waals surface area contributed by atoms with Crippen LogP contribution in [-0.4, -0.2) is 32.8 Å². The lowest BCUT2D eigenvalue weighted by Crippen LogP contribution is -2.01. The molecule has 3 rings (SSSR count). The minimum Gasteiger partial charge on any atom is -0.508 e. The Kier molecular flexibility index (Phi) is 3.61. The monoisotopic (exact) mass is 312 g/mol. The third-order valence-corrected chi connectivity index (χ3v) is 3.79. The number of anilines is 2. The molecule has 0 aliphatic carbocycles. The highest BCUT2D eigenvalue weighted by atomic mass is 16.5. The van der Waals surface area contributed by atoms with Crippen LogP contribution < -0.4 is 5.32 Å². The summed E-state index contributed by atoms with van der Waals surface area (Å²) >= 11 is 0. The number of fused-ring (bicyclic) bond motifs is 1. The fourth-order valence-electron chi connectivity index (χ4n) is 2.45. The third kappa shape index (κ3) is 2.46. The van der Waals surface area contributed by atoms with E-state index >= 15 is 0 Å². The lowest BCUT2D eigenvalue weighted by Gasteiger charge is -2.11. The van der Waals surface area contributed by atoms with E-state index in [9.17, 15) is 9.90 Å². The Morgan fingerprint density at radius 2 is 2.09 bits per heavy atom. The molecular weight excluding hydrogens is 296 g/mol. The average Bonchev–Trinajstić information content (AvgIpc) is 2.89. The zero-order valence-electron chi connectivity index (χ0n) is 13.0. The molecule has 0 saturated heterocycles. The van der Waals surface area contributed by atoms with Gasteiger partial charge in [0, 0.05) is 17.4 Å². The van der Waals surface area contributed by atoms with Gasteiger partial charge < -0.3 is 15.2 Å². The van der Waals surface area contributed by atoms with Gasteiger partial charge in [-0.25, -0.2) is 14.3 Å². The van der Waals surface area contributed by atoms with Crippen LogP contribution in [0.15, 0.2) is 30.7 Å². The van der Waals surface area contributed by atoms with E-state index in [-0.39, 0.29) is 5.75 Å². The van der Waals surface area contributed by atoms with Gasteiger partial charge in [0.2, 0.25) is 0 Å². The number of ether oxygens (including phenoxy) is 1. The fraction of sp³-hybridized carbons (Fsp3) is 0.188. The summed E-state index contributed by atoms with van der Waals surface area (Å²) in [5.74, 6) is 0.316. The second kappa shape index (κ2) is 5.60. The summed E-state index contributed by atoms with van der Waals surface area (Å²) < 4.78 is 6.36. The van der Waals surface area contributed by atoms with Crippen LogP contribution in [0.5, 0.6) is 5.75 Å². The van der Waals surface area contributed by atoms with Gasteiger partial charge in [0.15, 0.2) is 5.82 Å². The van der Waals surface area contributed by atoms with E-state index in [1.807, 2.05) is 13.0 Å². The number of nitrogens with zero attached hydrogens (tertiary/aromatic N) is 3. The highest BCUT2D eigenvalue weighted by Crippen LogP contribution is 2.29. The number of phenols is 1. The molecule has 2 heterocycles. The van der Waals surface area contributed by atoms with Crippen LogP contribution in [0.2, 0.25) is 0 Å². The zero-order valence-corrected chi connectivity index (χ0v) is 13.0. The molecule has 7 heteroatoms. The van der Waals surface area contributed by atoms with E-state index in [1.54, 1.807) is 29.8 Å². The molecule has 0 bridgehead atoms. The van der Waals surface area contributed by atoms with E-state index in [4.69, 9.17) is 4.74 Å². The molecule has 0 unspecified atom stereocenters. The van der Waals surface area contributed by atoms with E-state index in [0.717, 1.165) is 11.3 Å². The van der Waals surface area contributed by atoms with Crippen molar-refractivity contribution >= 4 is 23.0 Å². The predicted octanol–water partition coefficient (Wildman–Crippen LogP) is 2.58.